The fraction of sp³-hybridized carbons (Fsp3) is 0.263. The number of carbonyl (C=O) groups excluding carboxylic acids is 1. The van der Waals surface area contributed by atoms with Gasteiger partial charge in [0.25, 0.3) is 10.1 Å². The molecule has 0 radical (unpaired) electrons. The number of carbonyl (C=O) groups is 2. The van der Waals surface area contributed by atoms with E-state index in [-0.39, 0.29) is 12.5 Å². The Morgan fingerprint density at radius 3 is 2.10 bits per heavy atom. The number of amides is 1. The Balaban J connectivity index is 1.62. The number of rotatable bonds is 8. The van der Waals surface area contributed by atoms with Crippen LogP contribution in [0.5, 0.6) is 0 Å². The molecular formula is C19H19NO8S. The molecule has 3 rings (SSSR count). The summed E-state index contributed by atoms with van der Waals surface area (Å²) in [6, 6.07) is 14.0. The fourth-order valence-electron chi connectivity index (χ4n) is 3.23. The van der Waals surface area contributed by atoms with Crippen molar-refractivity contribution in [1.82, 2.24) is 5.32 Å². The van der Waals surface area contributed by atoms with Gasteiger partial charge in [-0.1, -0.05) is 48.5 Å². The van der Waals surface area contributed by atoms with Crippen LogP contribution in [0.25, 0.3) is 11.1 Å². The van der Waals surface area contributed by atoms with Gasteiger partial charge in [-0.2, -0.15) is 8.42 Å². The first-order valence-electron chi connectivity index (χ1n) is 8.63. The highest BCUT2D eigenvalue weighted by Gasteiger charge is 2.29. The minimum absolute atomic E-state index is 0.00191. The first-order valence-corrected chi connectivity index (χ1v) is 10.2. The van der Waals surface area contributed by atoms with Crippen LogP contribution in [0.4, 0.5) is 4.79 Å². The Bertz CT molecular complexity index is 975. The predicted molar refractivity (Wildman–Crippen MR) is 102 cm³/mol. The summed E-state index contributed by atoms with van der Waals surface area (Å²) in [5, 5.41) is 11.2. The molecule has 2 aromatic carbocycles. The first-order chi connectivity index (χ1) is 13.8. The molecule has 0 aliphatic heterocycles. The largest absolute Gasteiger partial charge is 0.480 e. The lowest BCUT2D eigenvalue weighted by molar-refractivity contribution is -0.140. The van der Waals surface area contributed by atoms with E-state index in [1.165, 1.54) is 0 Å². The zero-order chi connectivity index (χ0) is 21.0. The highest BCUT2D eigenvalue weighted by atomic mass is 32.2. The Labute approximate surface area is 167 Å². The van der Waals surface area contributed by atoms with Crippen LogP contribution in [0.15, 0.2) is 48.5 Å². The molecule has 29 heavy (non-hydrogen) atoms. The molecule has 0 spiro atoms. The average molecular weight is 421 g/mol. The molecule has 154 valence electrons. The molecule has 0 bridgehead atoms. The quantitative estimate of drug-likeness (QED) is 0.549. The molecule has 1 atom stereocenters. The van der Waals surface area contributed by atoms with Gasteiger partial charge in [-0.15, -0.1) is 0 Å². The summed E-state index contributed by atoms with van der Waals surface area (Å²) in [6.45, 7) is -0.655. The van der Waals surface area contributed by atoms with Crippen molar-refractivity contribution in [2.75, 3.05) is 19.2 Å². The van der Waals surface area contributed by atoms with E-state index < -0.39 is 40.8 Å². The number of fused-ring (bicyclic) bond motifs is 3. The third-order valence-corrected chi connectivity index (χ3v) is 4.92. The molecule has 9 nitrogen and oxygen atoms in total. The van der Waals surface area contributed by atoms with E-state index >= 15 is 0 Å². The maximum Gasteiger partial charge on any atom is 0.407 e. The van der Waals surface area contributed by atoms with Crippen molar-refractivity contribution in [1.29, 1.82) is 0 Å². The lowest BCUT2D eigenvalue weighted by Crippen LogP contribution is -2.44. The van der Waals surface area contributed by atoms with Gasteiger partial charge < -0.3 is 19.9 Å². The lowest BCUT2D eigenvalue weighted by atomic mass is 9.98. The zero-order valence-electron chi connectivity index (χ0n) is 15.1. The first kappa shape index (κ1) is 20.8. The molecule has 3 N–H and O–H groups in total. The summed E-state index contributed by atoms with van der Waals surface area (Å²) in [7, 11) is -4.41. The van der Waals surface area contributed by atoms with E-state index in [9.17, 15) is 18.0 Å². The van der Waals surface area contributed by atoms with E-state index in [0.29, 0.717) is 0 Å². The van der Waals surface area contributed by atoms with Crippen LogP contribution >= 0.6 is 0 Å². The van der Waals surface area contributed by atoms with E-state index in [1.807, 2.05) is 48.5 Å². The van der Waals surface area contributed by atoms with Crippen molar-refractivity contribution < 1.29 is 37.1 Å². The maximum absolute atomic E-state index is 12.1. The molecule has 0 heterocycles. The summed E-state index contributed by atoms with van der Waals surface area (Å²) in [6.07, 6.45) is -0.977. The molecule has 0 aromatic heterocycles. The molecule has 0 saturated carbocycles. The standard InChI is InChI=1S/C19H19NO8S/c21-18(22)17(10-27-11-29(24,25)26)20-19(23)28-9-16-14-7-3-1-5-12(14)13-6-2-4-8-15(13)16/h1-8,16-17H,9-11H2,(H,20,23)(H,21,22)(H,24,25,26)/t17-/m1/s1. The second kappa shape index (κ2) is 8.60. The van der Waals surface area contributed by atoms with E-state index in [1.54, 1.807) is 0 Å². The van der Waals surface area contributed by atoms with Crippen molar-refractivity contribution in [3.63, 3.8) is 0 Å². The number of hydrogen-bond donors (Lipinski definition) is 3. The SMILES string of the molecule is O=C(N[C@H](COCS(=O)(=O)O)C(=O)O)OCC1c2ccccc2-c2ccccc21. The predicted octanol–water partition coefficient (Wildman–Crippen LogP) is 1.84. The van der Waals surface area contributed by atoms with Gasteiger partial charge in [-0.25, -0.2) is 9.59 Å². The van der Waals surface area contributed by atoms with Crippen LogP contribution in [-0.4, -0.2) is 55.3 Å². The fourth-order valence-corrected chi connectivity index (χ4v) is 3.54. The highest BCUT2D eigenvalue weighted by molar-refractivity contribution is 7.85. The molecule has 0 saturated heterocycles. The molecule has 1 aliphatic carbocycles. The molecule has 1 amide bonds. The van der Waals surface area contributed by atoms with Crippen LogP contribution in [0.2, 0.25) is 0 Å². The Kier molecular flexibility index (Phi) is 6.16. The van der Waals surface area contributed by atoms with Crippen LogP contribution in [0.1, 0.15) is 17.0 Å². The number of benzene rings is 2. The Morgan fingerprint density at radius 2 is 1.59 bits per heavy atom. The number of nitrogens with one attached hydrogen (secondary N) is 1. The van der Waals surface area contributed by atoms with Crippen molar-refractivity contribution in [2.45, 2.75) is 12.0 Å². The normalized spacial score (nSPS) is 14.0. The van der Waals surface area contributed by atoms with Crippen LogP contribution in [0.3, 0.4) is 0 Å². The maximum atomic E-state index is 12.1. The topological polar surface area (TPSA) is 139 Å². The summed E-state index contributed by atoms with van der Waals surface area (Å²) >= 11 is 0. The second-order valence-corrected chi connectivity index (χ2v) is 7.83. The van der Waals surface area contributed by atoms with E-state index in [0.717, 1.165) is 22.3 Å². The van der Waals surface area contributed by atoms with Crippen molar-refractivity contribution in [3.8, 4) is 11.1 Å². The molecule has 2 aromatic rings. The van der Waals surface area contributed by atoms with Gasteiger partial charge in [0.05, 0.1) is 6.61 Å². The van der Waals surface area contributed by atoms with Crippen molar-refractivity contribution in [2.24, 2.45) is 0 Å². The molecule has 1 aliphatic rings. The smallest absolute Gasteiger partial charge is 0.407 e. The zero-order valence-corrected chi connectivity index (χ0v) is 16.0. The van der Waals surface area contributed by atoms with Crippen LogP contribution in [-0.2, 0) is 24.4 Å². The van der Waals surface area contributed by atoms with Crippen molar-refractivity contribution in [3.05, 3.63) is 59.7 Å². The lowest BCUT2D eigenvalue weighted by Gasteiger charge is -2.17. The van der Waals surface area contributed by atoms with Gasteiger partial charge in [0.2, 0.25) is 0 Å². The van der Waals surface area contributed by atoms with Gasteiger partial charge in [0.1, 0.15) is 6.61 Å². The third kappa shape index (κ3) is 5.11. The van der Waals surface area contributed by atoms with Gasteiger partial charge in [0, 0.05) is 5.92 Å². The van der Waals surface area contributed by atoms with E-state index in [4.69, 9.17) is 14.4 Å². The molecule has 0 fully saturated rings. The van der Waals surface area contributed by atoms with E-state index in [2.05, 4.69) is 10.1 Å². The summed E-state index contributed by atoms with van der Waals surface area (Å²) in [5.41, 5.74) is 4.12. The molecular weight excluding hydrogens is 402 g/mol. The molecule has 0 unspecified atom stereocenters. The number of alkyl carbamates (subject to hydrolysis) is 1. The van der Waals surface area contributed by atoms with Crippen molar-refractivity contribution >= 4 is 22.2 Å². The number of aliphatic carboxylic acids is 1. The van der Waals surface area contributed by atoms with Crippen LogP contribution < -0.4 is 5.32 Å². The monoisotopic (exact) mass is 421 g/mol. The number of carboxylic acid groups (broad SMARTS) is 1. The number of hydrogen-bond acceptors (Lipinski definition) is 6. The van der Waals surface area contributed by atoms with Gasteiger partial charge in [-0.3, -0.25) is 4.55 Å². The van der Waals surface area contributed by atoms with Gasteiger partial charge in [0.15, 0.2) is 12.0 Å². The average Bonchev–Trinajstić information content (AvgIpc) is 2.98. The summed E-state index contributed by atoms with van der Waals surface area (Å²) in [5.74, 6) is -2.70. The van der Waals surface area contributed by atoms with Gasteiger partial charge >= 0.3 is 12.1 Å². The minimum Gasteiger partial charge on any atom is -0.480 e. The highest BCUT2D eigenvalue weighted by Crippen LogP contribution is 2.44. The number of ether oxygens (including phenoxy) is 2. The molecule has 10 heteroatoms. The summed E-state index contributed by atoms with van der Waals surface area (Å²) in [4.78, 5) is 23.3. The van der Waals surface area contributed by atoms with Gasteiger partial charge in [-0.05, 0) is 22.3 Å². The van der Waals surface area contributed by atoms with Crippen LogP contribution in [0, 0.1) is 0 Å². The minimum atomic E-state index is -4.41. The second-order valence-electron chi connectivity index (χ2n) is 6.43. The Hall–Kier alpha value is -2.95. The summed E-state index contributed by atoms with van der Waals surface area (Å²) < 4.78 is 39.7. The number of carboxylic acids is 1. The third-order valence-electron chi connectivity index (χ3n) is 4.45. The Morgan fingerprint density at radius 1 is 1.03 bits per heavy atom.